The van der Waals surface area contributed by atoms with E-state index < -0.39 is 0 Å². The topological polar surface area (TPSA) is 29.9 Å². The molecule has 0 spiro atoms. The van der Waals surface area contributed by atoms with Crippen LogP contribution in [0.5, 0.6) is 0 Å². The molecular weight excluding hydrogens is 258 g/mol. The number of benzene rings is 1. The molecule has 1 heterocycles. The zero-order valence-electron chi connectivity index (χ0n) is 11.7. The van der Waals surface area contributed by atoms with Gasteiger partial charge < -0.3 is 5.32 Å². The minimum Gasteiger partial charge on any atom is -0.379 e. The van der Waals surface area contributed by atoms with E-state index in [1.165, 1.54) is 11.3 Å². The van der Waals surface area contributed by atoms with E-state index >= 15 is 0 Å². The Morgan fingerprint density at radius 3 is 2.68 bits per heavy atom. The summed E-state index contributed by atoms with van der Waals surface area (Å²) >= 11 is 6.26. The smallest absolute Gasteiger partial charge is 0.0865 e. The van der Waals surface area contributed by atoms with Gasteiger partial charge >= 0.3 is 0 Å². The summed E-state index contributed by atoms with van der Waals surface area (Å²) in [5.41, 5.74) is 4.42. The second-order valence-electron chi connectivity index (χ2n) is 4.73. The van der Waals surface area contributed by atoms with Crippen LogP contribution in [0.3, 0.4) is 0 Å². The second kappa shape index (κ2) is 6.11. The molecule has 1 aromatic carbocycles. The van der Waals surface area contributed by atoms with Gasteiger partial charge in [0.05, 0.1) is 23.0 Å². The van der Waals surface area contributed by atoms with Crippen molar-refractivity contribution in [2.45, 2.75) is 33.2 Å². The van der Waals surface area contributed by atoms with Crippen molar-refractivity contribution in [2.24, 2.45) is 7.05 Å². The Hall–Kier alpha value is -1.48. The number of anilines is 1. The highest BCUT2D eigenvalue weighted by molar-refractivity contribution is 6.31. The highest BCUT2D eigenvalue weighted by Crippen LogP contribution is 2.22. The summed E-state index contributed by atoms with van der Waals surface area (Å²) in [7, 11) is 1.92. The molecule has 0 saturated carbocycles. The lowest BCUT2D eigenvalue weighted by molar-refractivity contribution is 0.713. The number of nitrogens with zero attached hydrogens (tertiary/aromatic N) is 2. The Balaban J connectivity index is 2.14. The quantitative estimate of drug-likeness (QED) is 0.897. The van der Waals surface area contributed by atoms with Crippen molar-refractivity contribution >= 4 is 17.3 Å². The van der Waals surface area contributed by atoms with Crippen molar-refractivity contribution in [3.05, 3.63) is 46.2 Å². The van der Waals surface area contributed by atoms with E-state index in [0.717, 1.165) is 29.3 Å². The van der Waals surface area contributed by atoms with Gasteiger partial charge in [0.25, 0.3) is 0 Å². The molecule has 1 N–H and O–H groups in total. The zero-order valence-corrected chi connectivity index (χ0v) is 12.5. The van der Waals surface area contributed by atoms with Gasteiger partial charge in [0.15, 0.2) is 0 Å². The Morgan fingerprint density at radius 2 is 2.05 bits per heavy atom. The average Bonchev–Trinajstić information content (AvgIpc) is 2.63. The van der Waals surface area contributed by atoms with Crippen molar-refractivity contribution < 1.29 is 0 Å². The maximum absolute atomic E-state index is 6.26. The first-order valence-corrected chi connectivity index (χ1v) is 7.01. The van der Waals surface area contributed by atoms with Crippen molar-refractivity contribution in [3.8, 4) is 0 Å². The monoisotopic (exact) mass is 277 g/mol. The number of aryl methyl sites for hydroxylation is 3. The van der Waals surface area contributed by atoms with Gasteiger partial charge in [-0.3, -0.25) is 4.68 Å². The lowest BCUT2D eigenvalue weighted by Crippen LogP contribution is -2.07. The summed E-state index contributed by atoms with van der Waals surface area (Å²) in [6.45, 7) is 4.81. The largest absolute Gasteiger partial charge is 0.379 e. The number of nitrogens with one attached hydrogen (secondary N) is 1. The second-order valence-corrected chi connectivity index (χ2v) is 5.11. The third kappa shape index (κ3) is 3.10. The molecule has 0 atom stereocenters. The molecule has 0 unspecified atom stereocenters. The lowest BCUT2D eigenvalue weighted by Gasteiger charge is -2.12. The van der Waals surface area contributed by atoms with Gasteiger partial charge in [-0.05, 0) is 25.0 Å². The molecule has 2 rings (SSSR count). The molecule has 19 heavy (non-hydrogen) atoms. The van der Waals surface area contributed by atoms with E-state index in [1.807, 2.05) is 18.7 Å². The first-order valence-electron chi connectivity index (χ1n) is 6.63. The van der Waals surface area contributed by atoms with E-state index in [-0.39, 0.29) is 0 Å². The zero-order chi connectivity index (χ0) is 13.8. The highest BCUT2D eigenvalue weighted by Gasteiger charge is 2.11. The van der Waals surface area contributed by atoms with Gasteiger partial charge in [-0.15, -0.1) is 0 Å². The number of hydrogen-bond donors (Lipinski definition) is 1. The molecule has 4 heteroatoms. The van der Waals surface area contributed by atoms with E-state index in [4.69, 9.17) is 11.6 Å². The van der Waals surface area contributed by atoms with Crippen molar-refractivity contribution in [1.82, 2.24) is 9.78 Å². The lowest BCUT2D eigenvalue weighted by atomic mass is 10.1. The van der Waals surface area contributed by atoms with Crippen LogP contribution in [-0.4, -0.2) is 9.78 Å². The van der Waals surface area contributed by atoms with Crippen LogP contribution >= 0.6 is 11.6 Å². The van der Waals surface area contributed by atoms with Crippen LogP contribution in [-0.2, 0) is 20.0 Å². The van der Waals surface area contributed by atoms with Gasteiger partial charge in [-0.2, -0.15) is 5.10 Å². The predicted octanol–water partition coefficient (Wildman–Crippen LogP) is 3.95. The molecule has 0 radical (unpaired) electrons. The van der Waals surface area contributed by atoms with Crippen LogP contribution in [0.1, 0.15) is 30.3 Å². The van der Waals surface area contributed by atoms with Crippen LogP contribution in [0.15, 0.2) is 24.3 Å². The minimum absolute atomic E-state index is 0.691. The summed E-state index contributed by atoms with van der Waals surface area (Å²) in [5.74, 6) is 0. The predicted molar refractivity (Wildman–Crippen MR) is 80.7 cm³/mol. The molecule has 0 fully saturated rings. The molecule has 3 nitrogen and oxygen atoms in total. The standard InChI is InChI=1S/C15H20ClN3/c1-4-7-12-8-5-6-9-13(12)17-10-14-15(16)11(2)18-19(14)3/h5-6,8-9,17H,4,7,10H2,1-3H3. The Bertz CT molecular complexity index is 561. The number of aromatic nitrogens is 2. The number of hydrogen-bond acceptors (Lipinski definition) is 2. The summed E-state index contributed by atoms with van der Waals surface area (Å²) in [6.07, 6.45) is 2.23. The minimum atomic E-state index is 0.691. The van der Waals surface area contributed by atoms with Crippen LogP contribution in [0.25, 0.3) is 0 Å². The Labute approximate surface area is 119 Å². The van der Waals surface area contributed by atoms with Gasteiger partial charge in [-0.25, -0.2) is 0 Å². The van der Waals surface area contributed by atoms with Crippen LogP contribution in [0, 0.1) is 6.92 Å². The fraction of sp³-hybridized carbons (Fsp3) is 0.400. The van der Waals surface area contributed by atoms with Crippen LogP contribution < -0.4 is 5.32 Å². The third-order valence-corrected chi connectivity index (χ3v) is 3.74. The van der Waals surface area contributed by atoms with Crippen molar-refractivity contribution in [1.29, 1.82) is 0 Å². The Morgan fingerprint density at radius 1 is 1.32 bits per heavy atom. The highest BCUT2D eigenvalue weighted by atomic mass is 35.5. The molecule has 2 aromatic rings. The molecule has 0 saturated heterocycles. The number of halogens is 1. The summed E-state index contributed by atoms with van der Waals surface area (Å²) in [5, 5.41) is 8.54. The fourth-order valence-electron chi connectivity index (χ4n) is 2.23. The number of para-hydroxylation sites is 1. The molecule has 0 bridgehead atoms. The van der Waals surface area contributed by atoms with Crippen molar-refractivity contribution in [2.75, 3.05) is 5.32 Å². The molecule has 0 aliphatic heterocycles. The maximum Gasteiger partial charge on any atom is 0.0865 e. The summed E-state index contributed by atoms with van der Waals surface area (Å²) < 4.78 is 1.84. The molecule has 0 aliphatic rings. The maximum atomic E-state index is 6.26. The summed E-state index contributed by atoms with van der Waals surface area (Å²) in [4.78, 5) is 0. The van der Waals surface area contributed by atoms with Gasteiger partial charge in [0, 0.05) is 12.7 Å². The van der Waals surface area contributed by atoms with E-state index in [9.17, 15) is 0 Å². The van der Waals surface area contributed by atoms with Gasteiger partial charge in [-0.1, -0.05) is 43.1 Å². The van der Waals surface area contributed by atoms with Gasteiger partial charge in [0.2, 0.25) is 0 Å². The van der Waals surface area contributed by atoms with E-state index in [1.54, 1.807) is 0 Å². The molecule has 0 amide bonds. The van der Waals surface area contributed by atoms with Crippen LogP contribution in [0.4, 0.5) is 5.69 Å². The molecule has 0 aliphatic carbocycles. The average molecular weight is 278 g/mol. The van der Waals surface area contributed by atoms with E-state index in [0.29, 0.717) is 6.54 Å². The molecule has 102 valence electrons. The van der Waals surface area contributed by atoms with Gasteiger partial charge in [0.1, 0.15) is 0 Å². The first kappa shape index (κ1) is 13.9. The number of rotatable bonds is 5. The van der Waals surface area contributed by atoms with E-state index in [2.05, 4.69) is 41.6 Å². The molecular formula is C15H20ClN3. The van der Waals surface area contributed by atoms with Crippen LogP contribution in [0.2, 0.25) is 5.02 Å². The van der Waals surface area contributed by atoms with Crippen molar-refractivity contribution in [3.63, 3.8) is 0 Å². The first-order chi connectivity index (χ1) is 9.13. The third-order valence-electron chi connectivity index (χ3n) is 3.24. The molecule has 1 aromatic heterocycles. The fourth-order valence-corrected chi connectivity index (χ4v) is 2.46. The SMILES string of the molecule is CCCc1ccccc1NCc1c(Cl)c(C)nn1C. The summed E-state index contributed by atoms with van der Waals surface area (Å²) in [6, 6.07) is 8.42. The Kier molecular flexibility index (Phi) is 4.48. The normalized spacial score (nSPS) is 10.7.